The van der Waals surface area contributed by atoms with Crippen molar-refractivity contribution in [2.45, 2.75) is 19.8 Å². The molecule has 1 aliphatic rings. The predicted octanol–water partition coefficient (Wildman–Crippen LogP) is 1.99. The number of pyridine rings is 1. The Hall–Kier alpha value is -1.58. The maximum Gasteiger partial charge on any atom is 0.414 e. The number of anilines is 1. The third-order valence-electron chi connectivity index (χ3n) is 2.44. The molecule has 0 N–H and O–H groups in total. The highest BCUT2D eigenvalue weighted by Crippen LogP contribution is 2.25. The summed E-state index contributed by atoms with van der Waals surface area (Å²) in [6.07, 6.45) is 3.37. The quantitative estimate of drug-likeness (QED) is 0.705. The third-order valence-corrected chi connectivity index (χ3v) is 2.44. The molecule has 0 spiro atoms. The molecular weight excluding hydrogens is 192 g/mol. The molecule has 4 nitrogen and oxygen atoms in total. The number of nitrogens with zero attached hydrogens (tertiary/aromatic N) is 2. The van der Waals surface area contributed by atoms with Crippen LogP contribution in [-0.4, -0.2) is 24.2 Å². The van der Waals surface area contributed by atoms with Crippen LogP contribution in [-0.2, 0) is 11.2 Å². The number of aryl methyl sites for hydroxylation is 1. The Balaban J connectivity index is 2.25. The van der Waals surface area contributed by atoms with Crippen LogP contribution in [0.3, 0.4) is 0 Å². The van der Waals surface area contributed by atoms with Crippen molar-refractivity contribution >= 4 is 11.8 Å². The molecular formula is C11H14N2O2. The lowest BCUT2D eigenvalue weighted by atomic mass is 10.1. The van der Waals surface area contributed by atoms with Crippen LogP contribution in [0.1, 0.15) is 19.0 Å². The molecule has 1 aromatic heterocycles. The second-order valence-corrected chi connectivity index (χ2v) is 3.42. The lowest BCUT2D eigenvalue weighted by Gasteiger charge is -2.27. The van der Waals surface area contributed by atoms with Gasteiger partial charge in [-0.05, 0) is 31.9 Å². The molecule has 0 saturated carbocycles. The Kier molecular flexibility index (Phi) is 2.85. The van der Waals surface area contributed by atoms with Gasteiger partial charge in [0.2, 0.25) is 0 Å². The average molecular weight is 206 g/mol. The van der Waals surface area contributed by atoms with Gasteiger partial charge in [0.25, 0.3) is 0 Å². The third kappa shape index (κ3) is 1.93. The maximum absolute atomic E-state index is 11.6. The molecule has 0 radical (unpaired) electrons. The van der Waals surface area contributed by atoms with Gasteiger partial charge < -0.3 is 4.74 Å². The molecule has 0 fully saturated rings. The standard InChI is InChI=1S/C11H14N2O2/c1-2-15-11(14)13-8-4-5-9-10(13)6-3-7-12-9/h3,6-7H,2,4-5,8H2,1H3. The Morgan fingerprint density at radius 3 is 3.33 bits per heavy atom. The average Bonchev–Trinajstić information content (AvgIpc) is 2.28. The van der Waals surface area contributed by atoms with Gasteiger partial charge >= 0.3 is 6.09 Å². The molecule has 1 amide bonds. The van der Waals surface area contributed by atoms with Crippen molar-refractivity contribution in [3.8, 4) is 0 Å². The van der Waals surface area contributed by atoms with Crippen LogP contribution < -0.4 is 4.90 Å². The second kappa shape index (κ2) is 4.29. The minimum absolute atomic E-state index is 0.272. The summed E-state index contributed by atoms with van der Waals surface area (Å²) in [5.74, 6) is 0. The molecule has 0 unspecified atom stereocenters. The van der Waals surface area contributed by atoms with Crippen LogP contribution in [0, 0.1) is 0 Å². The number of fused-ring (bicyclic) bond motifs is 1. The molecule has 0 bridgehead atoms. The highest BCUT2D eigenvalue weighted by molar-refractivity contribution is 5.88. The van der Waals surface area contributed by atoms with E-state index in [2.05, 4.69) is 4.98 Å². The van der Waals surface area contributed by atoms with Gasteiger partial charge in [-0.15, -0.1) is 0 Å². The van der Waals surface area contributed by atoms with Crippen molar-refractivity contribution in [1.82, 2.24) is 4.98 Å². The van der Waals surface area contributed by atoms with E-state index in [9.17, 15) is 4.79 Å². The van der Waals surface area contributed by atoms with Crippen molar-refractivity contribution < 1.29 is 9.53 Å². The molecule has 0 aliphatic carbocycles. The largest absolute Gasteiger partial charge is 0.449 e. The molecule has 80 valence electrons. The summed E-state index contributed by atoms with van der Waals surface area (Å²) in [6.45, 7) is 2.94. The highest BCUT2D eigenvalue weighted by Gasteiger charge is 2.23. The Morgan fingerprint density at radius 2 is 2.53 bits per heavy atom. The van der Waals surface area contributed by atoms with Gasteiger partial charge in [0.1, 0.15) is 0 Å². The SMILES string of the molecule is CCOC(=O)N1CCCc2ncccc21. The summed E-state index contributed by atoms with van der Waals surface area (Å²) in [6, 6.07) is 3.76. The Bertz CT molecular complexity index is 365. The lowest BCUT2D eigenvalue weighted by Crippen LogP contribution is -2.36. The number of carbonyl (C=O) groups is 1. The van der Waals surface area contributed by atoms with Crippen molar-refractivity contribution in [1.29, 1.82) is 0 Å². The van der Waals surface area contributed by atoms with Crippen molar-refractivity contribution in [2.75, 3.05) is 18.1 Å². The van der Waals surface area contributed by atoms with Crippen LogP contribution in [0.2, 0.25) is 0 Å². The first kappa shape index (κ1) is 9.96. The summed E-state index contributed by atoms with van der Waals surface area (Å²) >= 11 is 0. The molecule has 1 aliphatic heterocycles. The minimum atomic E-state index is -0.272. The van der Waals surface area contributed by atoms with Crippen molar-refractivity contribution in [3.63, 3.8) is 0 Å². The summed E-state index contributed by atoms with van der Waals surface area (Å²) < 4.78 is 5.00. The Morgan fingerprint density at radius 1 is 1.67 bits per heavy atom. The smallest absolute Gasteiger partial charge is 0.414 e. The van der Waals surface area contributed by atoms with Crippen molar-refractivity contribution in [3.05, 3.63) is 24.0 Å². The van der Waals surface area contributed by atoms with Crippen LogP contribution >= 0.6 is 0 Å². The second-order valence-electron chi connectivity index (χ2n) is 3.42. The van der Waals surface area contributed by atoms with Crippen LogP contribution in [0.15, 0.2) is 18.3 Å². The maximum atomic E-state index is 11.6. The van der Waals surface area contributed by atoms with E-state index in [0.29, 0.717) is 6.61 Å². The number of rotatable bonds is 1. The lowest BCUT2D eigenvalue weighted by molar-refractivity contribution is 0.159. The van der Waals surface area contributed by atoms with Gasteiger partial charge in [-0.1, -0.05) is 0 Å². The molecule has 1 aromatic rings. The van der Waals surface area contributed by atoms with E-state index in [0.717, 1.165) is 30.8 Å². The first-order chi connectivity index (χ1) is 7.33. The molecule has 0 atom stereocenters. The highest BCUT2D eigenvalue weighted by atomic mass is 16.6. The van der Waals surface area contributed by atoms with Gasteiger partial charge in [0, 0.05) is 12.7 Å². The van der Waals surface area contributed by atoms with E-state index in [-0.39, 0.29) is 6.09 Å². The number of carbonyl (C=O) groups excluding carboxylic acids is 1. The fourth-order valence-corrected chi connectivity index (χ4v) is 1.78. The first-order valence-electron chi connectivity index (χ1n) is 5.21. The van der Waals surface area contributed by atoms with Gasteiger partial charge in [-0.25, -0.2) is 4.79 Å². The summed E-state index contributed by atoms with van der Waals surface area (Å²) in [4.78, 5) is 17.6. The number of aromatic nitrogens is 1. The zero-order valence-electron chi connectivity index (χ0n) is 8.77. The summed E-state index contributed by atoms with van der Waals surface area (Å²) in [5, 5.41) is 0. The molecule has 0 saturated heterocycles. The zero-order chi connectivity index (χ0) is 10.7. The molecule has 2 rings (SSSR count). The Labute approximate surface area is 88.9 Å². The number of hydrogen-bond acceptors (Lipinski definition) is 3. The normalized spacial score (nSPS) is 14.6. The van der Waals surface area contributed by atoms with E-state index in [1.165, 1.54) is 0 Å². The predicted molar refractivity (Wildman–Crippen MR) is 56.9 cm³/mol. The molecule has 0 aromatic carbocycles. The zero-order valence-corrected chi connectivity index (χ0v) is 8.77. The summed E-state index contributed by atoms with van der Waals surface area (Å²) in [7, 11) is 0. The number of ether oxygens (including phenoxy) is 1. The van der Waals surface area contributed by atoms with Gasteiger partial charge in [0.15, 0.2) is 0 Å². The van der Waals surface area contributed by atoms with Crippen molar-refractivity contribution in [2.24, 2.45) is 0 Å². The van der Waals surface area contributed by atoms with Crippen LogP contribution in [0.25, 0.3) is 0 Å². The van der Waals surface area contributed by atoms with E-state index in [1.807, 2.05) is 19.1 Å². The summed E-state index contributed by atoms with van der Waals surface area (Å²) in [5.41, 5.74) is 1.87. The topological polar surface area (TPSA) is 42.4 Å². The first-order valence-corrected chi connectivity index (χ1v) is 5.21. The van der Waals surface area contributed by atoms with Crippen LogP contribution in [0.5, 0.6) is 0 Å². The molecule has 15 heavy (non-hydrogen) atoms. The van der Waals surface area contributed by atoms with E-state index >= 15 is 0 Å². The van der Waals surface area contributed by atoms with Gasteiger partial charge in [-0.2, -0.15) is 0 Å². The molecule has 4 heteroatoms. The fraction of sp³-hybridized carbons (Fsp3) is 0.455. The fourth-order valence-electron chi connectivity index (χ4n) is 1.78. The van der Waals surface area contributed by atoms with E-state index < -0.39 is 0 Å². The van der Waals surface area contributed by atoms with E-state index in [1.54, 1.807) is 11.1 Å². The number of hydrogen-bond donors (Lipinski definition) is 0. The van der Waals surface area contributed by atoms with Crippen LogP contribution in [0.4, 0.5) is 10.5 Å². The molecule has 2 heterocycles. The van der Waals surface area contributed by atoms with Gasteiger partial charge in [-0.3, -0.25) is 9.88 Å². The minimum Gasteiger partial charge on any atom is -0.449 e. The monoisotopic (exact) mass is 206 g/mol. The van der Waals surface area contributed by atoms with Gasteiger partial charge in [0.05, 0.1) is 18.0 Å². The number of amides is 1. The van der Waals surface area contributed by atoms with E-state index in [4.69, 9.17) is 4.74 Å².